The first kappa shape index (κ1) is 23.8. The van der Waals surface area contributed by atoms with Crippen molar-refractivity contribution in [2.45, 2.75) is 59.4 Å². The molecule has 2 aromatic rings. The summed E-state index contributed by atoms with van der Waals surface area (Å²) in [4.78, 5) is 15.7. The van der Waals surface area contributed by atoms with Crippen molar-refractivity contribution in [1.82, 2.24) is 4.98 Å². The molecular formula is C22H28F2N2O6. The van der Waals surface area contributed by atoms with E-state index in [0.29, 0.717) is 24.5 Å². The van der Waals surface area contributed by atoms with E-state index >= 15 is 0 Å². The summed E-state index contributed by atoms with van der Waals surface area (Å²) in [5, 5.41) is 9.79. The lowest BCUT2D eigenvalue weighted by molar-refractivity contribution is -0.0515. The molecule has 3 rings (SSSR count). The van der Waals surface area contributed by atoms with E-state index in [1.807, 2.05) is 20.8 Å². The van der Waals surface area contributed by atoms with Crippen LogP contribution in [0.5, 0.6) is 11.5 Å². The zero-order valence-corrected chi connectivity index (χ0v) is 18.3. The fraction of sp³-hybridized carbons (Fsp3) is 0.545. The average Bonchev–Trinajstić information content (AvgIpc) is 3.41. The van der Waals surface area contributed by atoms with Crippen LogP contribution < -0.4 is 15.2 Å². The van der Waals surface area contributed by atoms with Crippen LogP contribution in [-0.4, -0.2) is 29.4 Å². The summed E-state index contributed by atoms with van der Waals surface area (Å²) in [6.07, 6.45) is 0.591. The summed E-state index contributed by atoms with van der Waals surface area (Å²) in [6.45, 7) is 2.78. The molecule has 1 amide bonds. The Kier molecular flexibility index (Phi) is 7.22. The smallest absolute Gasteiger partial charge is 0.405 e. The first-order chi connectivity index (χ1) is 15.1. The van der Waals surface area contributed by atoms with Gasteiger partial charge in [-0.2, -0.15) is 8.78 Å². The van der Waals surface area contributed by atoms with E-state index in [1.165, 1.54) is 18.2 Å². The fourth-order valence-electron chi connectivity index (χ4n) is 3.18. The van der Waals surface area contributed by atoms with Gasteiger partial charge in [0, 0.05) is 5.56 Å². The molecular weight excluding hydrogens is 426 g/mol. The molecule has 0 saturated heterocycles. The van der Waals surface area contributed by atoms with Gasteiger partial charge in [-0.05, 0) is 48.8 Å². The molecule has 32 heavy (non-hydrogen) atoms. The molecule has 0 aliphatic heterocycles. The van der Waals surface area contributed by atoms with Crippen LogP contribution in [0.4, 0.5) is 13.6 Å². The highest BCUT2D eigenvalue weighted by Crippen LogP contribution is 2.39. The van der Waals surface area contributed by atoms with Crippen LogP contribution in [0.3, 0.4) is 0 Å². The molecule has 1 unspecified atom stereocenters. The van der Waals surface area contributed by atoms with Crippen LogP contribution in [0, 0.1) is 11.3 Å². The van der Waals surface area contributed by atoms with Gasteiger partial charge < -0.3 is 29.5 Å². The molecule has 176 valence electrons. The third-order valence-electron chi connectivity index (χ3n) is 4.80. The molecule has 1 heterocycles. The second-order valence-corrected chi connectivity index (χ2v) is 8.97. The Morgan fingerprint density at radius 2 is 2.03 bits per heavy atom. The lowest BCUT2D eigenvalue weighted by Crippen LogP contribution is -2.22. The highest BCUT2D eigenvalue weighted by atomic mass is 19.3. The van der Waals surface area contributed by atoms with E-state index in [2.05, 4.69) is 9.72 Å². The maximum Gasteiger partial charge on any atom is 0.405 e. The first-order valence-corrected chi connectivity index (χ1v) is 10.3. The summed E-state index contributed by atoms with van der Waals surface area (Å²) in [6, 6.07) is 4.33. The van der Waals surface area contributed by atoms with Gasteiger partial charge in [-0.25, -0.2) is 9.78 Å². The molecule has 8 nitrogen and oxygen atoms in total. The van der Waals surface area contributed by atoms with Crippen LogP contribution in [0.1, 0.15) is 57.6 Å². The van der Waals surface area contributed by atoms with Crippen LogP contribution in [0.25, 0.3) is 11.5 Å². The van der Waals surface area contributed by atoms with Crippen molar-refractivity contribution in [3.63, 3.8) is 0 Å². The van der Waals surface area contributed by atoms with Crippen molar-refractivity contribution >= 4 is 6.09 Å². The number of carbonyl (C=O) groups is 1. The number of oxazole rings is 1. The van der Waals surface area contributed by atoms with Gasteiger partial charge in [0.25, 0.3) is 0 Å². The number of benzene rings is 1. The summed E-state index contributed by atoms with van der Waals surface area (Å²) < 4.78 is 46.9. The number of primary amides is 1. The monoisotopic (exact) mass is 454 g/mol. The number of aliphatic hydroxyl groups is 1. The average molecular weight is 454 g/mol. The van der Waals surface area contributed by atoms with E-state index in [1.54, 1.807) is 0 Å². The van der Waals surface area contributed by atoms with E-state index in [-0.39, 0.29) is 34.3 Å². The molecule has 1 aromatic carbocycles. The number of aromatic nitrogens is 1. The minimum atomic E-state index is -3.00. The van der Waals surface area contributed by atoms with Gasteiger partial charge in [0.15, 0.2) is 23.4 Å². The summed E-state index contributed by atoms with van der Waals surface area (Å²) in [7, 11) is 0. The zero-order valence-electron chi connectivity index (χ0n) is 18.3. The van der Waals surface area contributed by atoms with Gasteiger partial charge in [-0.1, -0.05) is 20.8 Å². The number of ether oxygens (including phenoxy) is 3. The largest absolute Gasteiger partial charge is 0.489 e. The minimum Gasteiger partial charge on any atom is -0.489 e. The number of rotatable bonds is 10. The Morgan fingerprint density at radius 3 is 2.59 bits per heavy atom. The lowest BCUT2D eigenvalue weighted by Gasteiger charge is -2.24. The molecule has 1 fully saturated rings. The molecule has 1 aliphatic rings. The fourth-order valence-corrected chi connectivity index (χ4v) is 3.18. The van der Waals surface area contributed by atoms with E-state index < -0.39 is 25.4 Å². The Morgan fingerprint density at radius 1 is 1.31 bits per heavy atom. The number of halogens is 2. The van der Waals surface area contributed by atoms with Crippen molar-refractivity contribution in [1.29, 1.82) is 0 Å². The molecule has 1 saturated carbocycles. The standard InChI is InChI=1S/C22H28F2N2O6/c1-22(2,3)9-17(31-21(25)28)18-14(10-27)26-19(32-18)13-6-7-15(30-20(23)24)16(8-13)29-11-12-4-5-12/h6-8,12,17,20,27H,4-5,9-11H2,1-3H3,(H2,25,28). The van der Waals surface area contributed by atoms with Crippen molar-refractivity contribution in [2.24, 2.45) is 17.1 Å². The molecule has 1 aliphatic carbocycles. The third-order valence-corrected chi connectivity index (χ3v) is 4.80. The number of hydrogen-bond donors (Lipinski definition) is 2. The Balaban J connectivity index is 1.95. The summed E-state index contributed by atoms with van der Waals surface area (Å²) in [5.74, 6) is 0.720. The topological polar surface area (TPSA) is 117 Å². The second-order valence-electron chi connectivity index (χ2n) is 8.97. The van der Waals surface area contributed by atoms with E-state index in [4.69, 9.17) is 19.6 Å². The number of aliphatic hydroxyl groups excluding tert-OH is 1. The van der Waals surface area contributed by atoms with Crippen molar-refractivity contribution in [3.8, 4) is 23.0 Å². The Hall–Kier alpha value is -2.88. The van der Waals surface area contributed by atoms with E-state index in [9.17, 15) is 18.7 Å². The van der Waals surface area contributed by atoms with Crippen molar-refractivity contribution < 1.29 is 37.3 Å². The molecule has 1 aromatic heterocycles. The van der Waals surface area contributed by atoms with Gasteiger partial charge in [-0.3, -0.25) is 0 Å². The molecule has 0 spiro atoms. The summed E-state index contributed by atoms with van der Waals surface area (Å²) >= 11 is 0. The van der Waals surface area contributed by atoms with Crippen LogP contribution >= 0.6 is 0 Å². The van der Waals surface area contributed by atoms with Gasteiger partial charge in [-0.15, -0.1) is 0 Å². The van der Waals surface area contributed by atoms with Crippen LogP contribution in [-0.2, 0) is 11.3 Å². The molecule has 0 radical (unpaired) electrons. The SMILES string of the molecule is CC(C)(C)CC(OC(N)=O)c1oc(-c2ccc(OC(F)F)c(OCC3CC3)c2)nc1CO. The quantitative estimate of drug-likeness (QED) is 0.530. The van der Waals surface area contributed by atoms with Crippen LogP contribution in [0.15, 0.2) is 22.6 Å². The number of hydrogen-bond acceptors (Lipinski definition) is 7. The predicted octanol–water partition coefficient (Wildman–Crippen LogP) is 4.80. The molecule has 1 atom stereocenters. The number of nitrogens with zero attached hydrogens (tertiary/aromatic N) is 1. The first-order valence-electron chi connectivity index (χ1n) is 10.3. The van der Waals surface area contributed by atoms with E-state index in [0.717, 1.165) is 12.8 Å². The molecule has 10 heteroatoms. The Bertz CT molecular complexity index is 937. The molecule has 0 bridgehead atoms. The Labute approximate surface area is 184 Å². The minimum absolute atomic E-state index is 0.0961. The van der Waals surface area contributed by atoms with Crippen LogP contribution in [0.2, 0.25) is 0 Å². The number of nitrogens with two attached hydrogens (primary N) is 1. The second kappa shape index (κ2) is 9.72. The normalized spacial score (nSPS) is 15.0. The van der Waals surface area contributed by atoms with Crippen molar-refractivity contribution in [3.05, 3.63) is 29.7 Å². The predicted molar refractivity (Wildman–Crippen MR) is 110 cm³/mol. The van der Waals surface area contributed by atoms with Gasteiger partial charge >= 0.3 is 12.7 Å². The van der Waals surface area contributed by atoms with Gasteiger partial charge in [0.05, 0.1) is 13.2 Å². The number of carbonyl (C=O) groups excluding carboxylic acids is 1. The maximum atomic E-state index is 12.8. The summed E-state index contributed by atoms with van der Waals surface area (Å²) in [5.41, 5.74) is 5.58. The highest BCUT2D eigenvalue weighted by molar-refractivity contribution is 5.65. The maximum absolute atomic E-state index is 12.8. The van der Waals surface area contributed by atoms with Gasteiger partial charge in [0.1, 0.15) is 5.69 Å². The lowest BCUT2D eigenvalue weighted by atomic mass is 9.88. The van der Waals surface area contributed by atoms with Crippen molar-refractivity contribution in [2.75, 3.05) is 6.61 Å². The molecule has 3 N–H and O–H groups in total. The number of amides is 1. The zero-order chi connectivity index (χ0) is 23.5. The highest BCUT2D eigenvalue weighted by Gasteiger charge is 2.30. The number of alkyl halides is 2. The third kappa shape index (κ3) is 6.56. The van der Waals surface area contributed by atoms with Gasteiger partial charge in [0.2, 0.25) is 5.89 Å².